The number of nitrogens with one attached hydrogen (secondary N) is 1. The van der Waals surface area contributed by atoms with E-state index in [9.17, 15) is 18.0 Å². The van der Waals surface area contributed by atoms with Crippen LogP contribution in [0.15, 0.2) is 57.4 Å². The van der Waals surface area contributed by atoms with E-state index < -0.39 is 27.0 Å². The number of carbonyl (C=O) groups is 2. The molecule has 192 valence electrons. The van der Waals surface area contributed by atoms with Crippen LogP contribution in [0.2, 0.25) is 0 Å². The molecule has 4 rings (SSSR count). The number of sulfone groups is 1. The molecule has 0 saturated heterocycles. The first-order valence-corrected chi connectivity index (χ1v) is 13.6. The van der Waals surface area contributed by atoms with Gasteiger partial charge in [0.2, 0.25) is 20.2 Å². The molecule has 1 amide bonds. The zero-order chi connectivity index (χ0) is 26.9. The molecular formula is C25H24N4O6S2. The summed E-state index contributed by atoms with van der Waals surface area (Å²) in [4.78, 5) is 30.3. The Balaban J connectivity index is 1.65. The summed E-state index contributed by atoms with van der Waals surface area (Å²) in [6.07, 6.45) is 1.40. The predicted octanol–water partition coefficient (Wildman–Crippen LogP) is 4.01. The Bertz CT molecular complexity index is 1490. The summed E-state index contributed by atoms with van der Waals surface area (Å²) >= 11 is 0.737. The molecule has 1 N–H and O–H groups in total. The van der Waals surface area contributed by atoms with Gasteiger partial charge >= 0.3 is 5.97 Å². The summed E-state index contributed by atoms with van der Waals surface area (Å²) in [6.45, 7) is 6.99. The molecule has 2 aliphatic heterocycles. The van der Waals surface area contributed by atoms with E-state index in [1.54, 1.807) is 43.3 Å². The van der Waals surface area contributed by atoms with Gasteiger partial charge in [0.25, 0.3) is 5.91 Å². The molecule has 0 unspecified atom stereocenters. The molecule has 10 nitrogen and oxygen atoms in total. The standard InChI is InChI=1S/C25H24N4O6S2/c1-5-34-20-13-16(8-11-19(20)35-23(31)17-9-6-15(4)7-10-17)12-18-21(26)29-24(27-22(18)30)36-28-25(29)37(32,33)14(2)3/h6-14,26H,5H2,1-4H3/b18-12-,26-21?. The number of aliphatic imine (C=N–C) groups is 1. The highest BCUT2D eigenvalue weighted by molar-refractivity contribution is 8.16. The lowest BCUT2D eigenvalue weighted by Crippen LogP contribution is -2.46. The van der Waals surface area contributed by atoms with Crippen molar-refractivity contribution in [2.75, 3.05) is 6.61 Å². The topological polar surface area (TPSA) is 139 Å². The molecule has 0 bridgehead atoms. The third kappa shape index (κ3) is 5.20. The number of amides is 1. The molecule has 2 aliphatic rings. The van der Waals surface area contributed by atoms with Gasteiger partial charge < -0.3 is 9.47 Å². The summed E-state index contributed by atoms with van der Waals surface area (Å²) in [5.41, 5.74) is 1.73. The highest BCUT2D eigenvalue weighted by atomic mass is 32.2. The van der Waals surface area contributed by atoms with Gasteiger partial charge in [-0.15, -0.1) is 0 Å². The van der Waals surface area contributed by atoms with Crippen LogP contribution in [-0.2, 0) is 14.6 Å². The first kappa shape index (κ1) is 26.3. The van der Waals surface area contributed by atoms with Crippen molar-refractivity contribution in [2.24, 2.45) is 9.39 Å². The van der Waals surface area contributed by atoms with Gasteiger partial charge in [-0.25, -0.2) is 18.1 Å². The second-order valence-electron chi connectivity index (χ2n) is 8.40. The molecule has 2 aromatic carbocycles. The van der Waals surface area contributed by atoms with Gasteiger partial charge in [-0.1, -0.05) is 23.8 Å². The number of benzene rings is 2. The minimum absolute atomic E-state index is 0.0137. The minimum Gasteiger partial charge on any atom is -0.490 e. The van der Waals surface area contributed by atoms with Crippen molar-refractivity contribution in [1.82, 2.24) is 4.90 Å². The number of rotatable bonds is 6. The summed E-state index contributed by atoms with van der Waals surface area (Å²) in [5, 5.41) is 7.49. The number of esters is 1. The fourth-order valence-electron chi connectivity index (χ4n) is 3.38. The number of ether oxygens (including phenoxy) is 2. The van der Waals surface area contributed by atoms with Crippen LogP contribution in [0.5, 0.6) is 11.5 Å². The van der Waals surface area contributed by atoms with Crippen molar-refractivity contribution in [2.45, 2.75) is 32.9 Å². The maximum absolute atomic E-state index is 12.7. The van der Waals surface area contributed by atoms with Crippen molar-refractivity contribution in [3.8, 4) is 11.5 Å². The molecule has 37 heavy (non-hydrogen) atoms. The molecule has 12 heteroatoms. The van der Waals surface area contributed by atoms with Crippen LogP contribution in [0.3, 0.4) is 0 Å². The van der Waals surface area contributed by atoms with Crippen molar-refractivity contribution >= 4 is 55.9 Å². The zero-order valence-electron chi connectivity index (χ0n) is 20.5. The second-order valence-corrected chi connectivity index (χ2v) is 11.5. The van der Waals surface area contributed by atoms with Crippen LogP contribution >= 0.6 is 11.9 Å². The Labute approximate surface area is 218 Å². The summed E-state index contributed by atoms with van der Waals surface area (Å²) in [7, 11) is -3.82. The highest BCUT2D eigenvalue weighted by Crippen LogP contribution is 2.33. The van der Waals surface area contributed by atoms with E-state index in [0.717, 1.165) is 22.4 Å². The van der Waals surface area contributed by atoms with Gasteiger partial charge in [-0.05, 0) is 63.6 Å². The fraction of sp³-hybridized carbons (Fsp3) is 0.240. The second kappa shape index (κ2) is 10.3. The van der Waals surface area contributed by atoms with Crippen molar-refractivity contribution in [3.63, 3.8) is 0 Å². The van der Waals surface area contributed by atoms with E-state index in [0.29, 0.717) is 11.1 Å². The van der Waals surface area contributed by atoms with Crippen molar-refractivity contribution < 1.29 is 27.5 Å². The van der Waals surface area contributed by atoms with Gasteiger partial charge in [0.1, 0.15) is 5.84 Å². The normalized spacial score (nSPS) is 16.6. The molecule has 0 atom stereocenters. The molecule has 0 spiro atoms. The summed E-state index contributed by atoms with van der Waals surface area (Å²) in [5.74, 6) is -1.15. The van der Waals surface area contributed by atoms with Crippen LogP contribution in [-0.4, -0.2) is 53.2 Å². The molecule has 0 aliphatic carbocycles. The highest BCUT2D eigenvalue weighted by Gasteiger charge is 2.43. The van der Waals surface area contributed by atoms with Gasteiger partial charge in [0.05, 0.1) is 34.9 Å². The van der Waals surface area contributed by atoms with Gasteiger partial charge in [-0.2, -0.15) is 9.39 Å². The lowest BCUT2D eigenvalue weighted by atomic mass is 10.1. The maximum Gasteiger partial charge on any atom is 0.343 e. The third-order valence-electron chi connectivity index (χ3n) is 5.44. The molecule has 0 radical (unpaired) electrons. The van der Waals surface area contributed by atoms with Crippen LogP contribution in [0, 0.1) is 12.3 Å². The molecular weight excluding hydrogens is 516 g/mol. The van der Waals surface area contributed by atoms with E-state index in [-0.39, 0.29) is 39.8 Å². The zero-order valence-corrected chi connectivity index (χ0v) is 22.1. The Morgan fingerprint density at radius 2 is 1.86 bits per heavy atom. The van der Waals surface area contributed by atoms with E-state index in [2.05, 4.69) is 9.39 Å². The molecule has 2 heterocycles. The third-order valence-corrected chi connectivity index (χ3v) is 8.28. The van der Waals surface area contributed by atoms with Gasteiger partial charge in [-0.3, -0.25) is 10.2 Å². The Morgan fingerprint density at radius 1 is 1.16 bits per heavy atom. The number of hydrogen-bond acceptors (Lipinski definition) is 9. The fourth-order valence-corrected chi connectivity index (χ4v) is 5.44. The summed E-state index contributed by atoms with van der Waals surface area (Å²) in [6, 6.07) is 11.6. The first-order chi connectivity index (χ1) is 17.5. The average Bonchev–Trinajstić information content (AvgIpc) is 3.28. The van der Waals surface area contributed by atoms with E-state index in [1.165, 1.54) is 26.0 Å². The van der Waals surface area contributed by atoms with E-state index in [1.807, 2.05) is 6.92 Å². The monoisotopic (exact) mass is 540 g/mol. The Kier molecular flexibility index (Phi) is 7.32. The predicted molar refractivity (Wildman–Crippen MR) is 143 cm³/mol. The first-order valence-electron chi connectivity index (χ1n) is 11.3. The number of hydrogen-bond donors (Lipinski definition) is 1. The van der Waals surface area contributed by atoms with Crippen LogP contribution < -0.4 is 9.47 Å². The van der Waals surface area contributed by atoms with Crippen LogP contribution in [0.25, 0.3) is 6.08 Å². The van der Waals surface area contributed by atoms with Crippen molar-refractivity contribution in [1.29, 1.82) is 5.41 Å². The number of fused-ring (bicyclic) bond motifs is 1. The summed E-state index contributed by atoms with van der Waals surface area (Å²) < 4.78 is 40.6. The number of carbonyl (C=O) groups excluding carboxylic acids is 2. The number of amidine groups is 3. The quantitative estimate of drug-likeness (QED) is 0.251. The lowest BCUT2D eigenvalue weighted by molar-refractivity contribution is -0.114. The van der Waals surface area contributed by atoms with Crippen molar-refractivity contribution in [3.05, 3.63) is 64.7 Å². The Hall–Kier alpha value is -3.77. The minimum atomic E-state index is -3.82. The Morgan fingerprint density at radius 3 is 2.51 bits per heavy atom. The maximum atomic E-state index is 12.7. The van der Waals surface area contributed by atoms with Crippen LogP contribution in [0.1, 0.15) is 42.3 Å². The van der Waals surface area contributed by atoms with E-state index in [4.69, 9.17) is 14.9 Å². The largest absolute Gasteiger partial charge is 0.490 e. The van der Waals surface area contributed by atoms with E-state index >= 15 is 0 Å². The number of aryl methyl sites for hydroxylation is 1. The molecule has 2 aromatic rings. The smallest absolute Gasteiger partial charge is 0.343 e. The SMILES string of the molecule is CCOc1cc(/C=C2/C(=N)N3C(=NC2=O)SN=C3S(=O)(=O)C(C)C)ccc1OC(=O)c1ccc(C)cc1. The van der Waals surface area contributed by atoms with Gasteiger partial charge in [0, 0.05) is 0 Å². The molecule has 0 fully saturated rings. The molecule has 0 saturated carbocycles. The average molecular weight is 541 g/mol. The van der Waals surface area contributed by atoms with Crippen LogP contribution in [0.4, 0.5) is 0 Å². The lowest BCUT2D eigenvalue weighted by Gasteiger charge is -2.25. The van der Waals surface area contributed by atoms with Gasteiger partial charge in [0.15, 0.2) is 11.5 Å². The molecule has 0 aromatic heterocycles. The number of nitrogens with zero attached hydrogens (tertiary/aromatic N) is 3.